The van der Waals surface area contributed by atoms with E-state index in [1.54, 1.807) is 7.11 Å². The minimum absolute atomic E-state index is 0.406. The lowest BCUT2D eigenvalue weighted by molar-refractivity contribution is -0.0315. The SMILES string of the molecule is CCCCC[C@H](O)C#CCCCCCCCCOCOC. The van der Waals surface area contributed by atoms with Crippen molar-refractivity contribution in [2.24, 2.45) is 0 Å². The van der Waals surface area contributed by atoms with E-state index in [0.29, 0.717) is 6.79 Å². The van der Waals surface area contributed by atoms with Gasteiger partial charge in [-0.2, -0.15) is 0 Å². The van der Waals surface area contributed by atoms with Gasteiger partial charge in [-0.25, -0.2) is 0 Å². The van der Waals surface area contributed by atoms with Crippen LogP contribution in [0.4, 0.5) is 0 Å². The van der Waals surface area contributed by atoms with Crippen LogP contribution >= 0.6 is 0 Å². The molecule has 0 spiro atoms. The van der Waals surface area contributed by atoms with Crippen molar-refractivity contribution in [1.29, 1.82) is 0 Å². The van der Waals surface area contributed by atoms with E-state index in [4.69, 9.17) is 9.47 Å². The number of methoxy groups -OCH3 is 1. The zero-order valence-corrected chi connectivity index (χ0v) is 14.0. The zero-order valence-electron chi connectivity index (χ0n) is 14.0. The largest absolute Gasteiger partial charge is 0.380 e. The molecule has 0 unspecified atom stereocenters. The highest BCUT2D eigenvalue weighted by molar-refractivity contribution is 5.04. The van der Waals surface area contributed by atoms with Crippen LogP contribution in [0.5, 0.6) is 0 Å². The highest BCUT2D eigenvalue weighted by atomic mass is 16.7. The summed E-state index contributed by atoms with van der Waals surface area (Å²) in [6.07, 6.45) is 12.1. The van der Waals surface area contributed by atoms with Crippen molar-refractivity contribution >= 4 is 0 Å². The number of aliphatic hydroxyl groups is 1. The first-order chi connectivity index (χ1) is 10.3. The molecule has 21 heavy (non-hydrogen) atoms. The van der Waals surface area contributed by atoms with Crippen LogP contribution in [0.1, 0.15) is 77.6 Å². The Hall–Kier alpha value is -0.560. The molecule has 0 radical (unpaired) electrons. The predicted octanol–water partition coefficient (Wildman–Crippen LogP) is 4.28. The Morgan fingerprint density at radius 3 is 2.38 bits per heavy atom. The molecule has 0 saturated carbocycles. The van der Waals surface area contributed by atoms with Gasteiger partial charge in [0.1, 0.15) is 12.9 Å². The standard InChI is InChI=1S/C18H34O3/c1-3-4-11-14-18(19)15-12-9-7-5-6-8-10-13-16-21-17-20-2/h18-19H,3-11,13-14,16-17H2,1-2H3/t18-/m0/s1. The Bertz CT molecular complexity index is 255. The van der Waals surface area contributed by atoms with Crippen LogP contribution in [0.15, 0.2) is 0 Å². The van der Waals surface area contributed by atoms with E-state index in [0.717, 1.165) is 38.7 Å². The summed E-state index contributed by atoms with van der Waals surface area (Å²) in [5, 5.41) is 9.64. The first kappa shape index (κ1) is 20.4. The van der Waals surface area contributed by atoms with Crippen LogP contribution < -0.4 is 0 Å². The van der Waals surface area contributed by atoms with E-state index in [2.05, 4.69) is 18.8 Å². The average molecular weight is 298 g/mol. The third-order valence-corrected chi connectivity index (χ3v) is 3.39. The number of hydrogen-bond acceptors (Lipinski definition) is 3. The van der Waals surface area contributed by atoms with E-state index in [9.17, 15) is 5.11 Å². The zero-order chi connectivity index (χ0) is 15.6. The van der Waals surface area contributed by atoms with Gasteiger partial charge in [0.2, 0.25) is 0 Å². The fourth-order valence-electron chi connectivity index (χ4n) is 2.12. The Labute approximate surface area is 131 Å². The summed E-state index contributed by atoms with van der Waals surface area (Å²) < 4.78 is 10.1. The van der Waals surface area contributed by atoms with E-state index in [-0.39, 0.29) is 0 Å². The van der Waals surface area contributed by atoms with Gasteiger partial charge in [-0.05, 0) is 25.7 Å². The Morgan fingerprint density at radius 1 is 0.952 bits per heavy atom. The predicted molar refractivity (Wildman–Crippen MR) is 88.1 cm³/mol. The van der Waals surface area contributed by atoms with Gasteiger partial charge in [0.15, 0.2) is 0 Å². The van der Waals surface area contributed by atoms with Crippen molar-refractivity contribution in [3.05, 3.63) is 0 Å². The first-order valence-corrected chi connectivity index (χ1v) is 8.54. The van der Waals surface area contributed by atoms with Crippen molar-refractivity contribution in [3.8, 4) is 11.8 Å². The number of aliphatic hydroxyl groups excluding tert-OH is 1. The summed E-state index contributed by atoms with van der Waals surface area (Å²) in [6.45, 7) is 3.38. The van der Waals surface area contributed by atoms with Crippen LogP contribution in [-0.4, -0.2) is 31.7 Å². The molecular weight excluding hydrogens is 264 g/mol. The molecule has 1 atom stereocenters. The number of unbranched alkanes of at least 4 members (excludes halogenated alkanes) is 8. The van der Waals surface area contributed by atoms with Gasteiger partial charge in [0.25, 0.3) is 0 Å². The molecule has 0 aromatic carbocycles. The minimum atomic E-state index is -0.413. The maximum Gasteiger partial charge on any atom is 0.146 e. The number of rotatable bonds is 14. The smallest absolute Gasteiger partial charge is 0.146 e. The Kier molecular flexibility index (Phi) is 17.0. The van der Waals surface area contributed by atoms with Crippen molar-refractivity contribution in [2.75, 3.05) is 20.5 Å². The molecule has 0 aliphatic rings. The van der Waals surface area contributed by atoms with E-state index < -0.39 is 6.10 Å². The molecule has 0 aromatic rings. The Balaban J connectivity index is 3.21. The Morgan fingerprint density at radius 2 is 1.67 bits per heavy atom. The fraction of sp³-hybridized carbons (Fsp3) is 0.889. The van der Waals surface area contributed by atoms with Gasteiger partial charge in [-0.15, -0.1) is 5.92 Å². The summed E-state index contributed by atoms with van der Waals surface area (Å²) in [4.78, 5) is 0. The second-order valence-electron chi connectivity index (χ2n) is 5.52. The molecule has 1 N–H and O–H groups in total. The topological polar surface area (TPSA) is 38.7 Å². The van der Waals surface area contributed by atoms with Gasteiger partial charge in [0.05, 0.1) is 0 Å². The minimum Gasteiger partial charge on any atom is -0.380 e. The lowest BCUT2D eigenvalue weighted by Gasteiger charge is -2.02. The van der Waals surface area contributed by atoms with Crippen molar-refractivity contribution < 1.29 is 14.6 Å². The van der Waals surface area contributed by atoms with Crippen LogP contribution in [0, 0.1) is 11.8 Å². The van der Waals surface area contributed by atoms with Crippen LogP contribution in [0.2, 0.25) is 0 Å². The molecule has 0 amide bonds. The first-order valence-electron chi connectivity index (χ1n) is 8.54. The monoisotopic (exact) mass is 298 g/mol. The van der Waals surface area contributed by atoms with Crippen molar-refractivity contribution in [2.45, 2.75) is 83.7 Å². The molecule has 0 aliphatic heterocycles. The normalized spacial score (nSPS) is 12.0. The molecule has 0 saturated heterocycles. The molecule has 0 rings (SSSR count). The second-order valence-corrected chi connectivity index (χ2v) is 5.52. The van der Waals surface area contributed by atoms with Gasteiger partial charge in [-0.1, -0.05) is 51.4 Å². The maximum atomic E-state index is 9.64. The van der Waals surface area contributed by atoms with Gasteiger partial charge in [0, 0.05) is 20.1 Å². The quantitative estimate of drug-likeness (QED) is 0.295. The van der Waals surface area contributed by atoms with E-state index in [1.165, 1.54) is 38.5 Å². The summed E-state index contributed by atoms with van der Waals surface area (Å²) in [5.74, 6) is 6.05. The van der Waals surface area contributed by atoms with Crippen molar-refractivity contribution in [3.63, 3.8) is 0 Å². The molecule has 3 heteroatoms. The lowest BCUT2D eigenvalue weighted by atomic mass is 10.1. The number of ether oxygens (including phenoxy) is 2. The second kappa shape index (κ2) is 17.5. The fourth-order valence-corrected chi connectivity index (χ4v) is 2.12. The molecular formula is C18H34O3. The third kappa shape index (κ3) is 17.4. The molecule has 3 nitrogen and oxygen atoms in total. The van der Waals surface area contributed by atoms with Crippen LogP contribution in [0.25, 0.3) is 0 Å². The highest BCUT2D eigenvalue weighted by Gasteiger charge is 1.97. The van der Waals surface area contributed by atoms with E-state index in [1.807, 2.05) is 0 Å². The van der Waals surface area contributed by atoms with Gasteiger partial charge >= 0.3 is 0 Å². The molecule has 0 aliphatic carbocycles. The number of hydrogen-bond donors (Lipinski definition) is 1. The summed E-state index contributed by atoms with van der Waals surface area (Å²) in [7, 11) is 1.65. The summed E-state index contributed by atoms with van der Waals surface area (Å²) in [6, 6.07) is 0. The molecule has 124 valence electrons. The van der Waals surface area contributed by atoms with Crippen molar-refractivity contribution in [1.82, 2.24) is 0 Å². The van der Waals surface area contributed by atoms with Crippen LogP contribution in [-0.2, 0) is 9.47 Å². The van der Waals surface area contributed by atoms with E-state index >= 15 is 0 Å². The third-order valence-electron chi connectivity index (χ3n) is 3.39. The summed E-state index contributed by atoms with van der Waals surface area (Å²) >= 11 is 0. The summed E-state index contributed by atoms with van der Waals surface area (Å²) in [5.41, 5.74) is 0. The van der Waals surface area contributed by atoms with Gasteiger partial charge < -0.3 is 14.6 Å². The molecule has 0 fully saturated rings. The maximum absolute atomic E-state index is 9.64. The molecule has 0 bridgehead atoms. The molecule has 0 aromatic heterocycles. The van der Waals surface area contributed by atoms with Gasteiger partial charge in [-0.3, -0.25) is 0 Å². The average Bonchev–Trinajstić information content (AvgIpc) is 2.48. The highest BCUT2D eigenvalue weighted by Crippen LogP contribution is 2.07. The lowest BCUT2D eigenvalue weighted by Crippen LogP contribution is -2.01. The van der Waals surface area contributed by atoms with Crippen LogP contribution in [0.3, 0.4) is 0 Å². The molecule has 0 heterocycles.